The van der Waals surface area contributed by atoms with Gasteiger partial charge in [0.1, 0.15) is 5.75 Å². The number of nitrogens with zero attached hydrogens (tertiary/aromatic N) is 3. The molecule has 3 aromatic rings. The van der Waals surface area contributed by atoms with Crippen molar-refractivity contribution in [3.8, 4) is 5.75 Å². The van der Waals surface area contributed by atoms with Crippen LogP contribution in [0.2, 0.25) is 0 Å². The van der Waals surface area contributed by atoms with Gasteiger partial charge in [0.15, 0.2) is 0 Å². The smallest absolute Gasteiger partial charge is 0.416 e. The first kappa shape index (κ1) is 20.3. The van der Waals surface area contributed by atoms with E-state index in [1.807, 2.05) is 22.5 Å². The van der Waals surface area contributed by atoms with Crippen LogP contribution in [0.5, 0.6) is 5.75 Å². The highest BCUT2D eigenvalue weighted by Gasteiger charge is 2.31. The van der Waals surface area contributed by atoms with Gasteiger partial charge in [0.05, 0.1) is 29.5 Å². The largest absolute Gasteiger partial charge is 0.494 e. The first-order valence-corrected chi connectivity index (χ1v) is 9.92. The molecule has 0 bridgehead atoms. The summed E-state index contributed by atoms with van der Waals surface area (Å²) in [7, 11) is 0. The predicted octanol–water partition coefficient (Wildman–Crippen LogP) is 4.93. The average Bonchev–Trinajstić information content (AvgIpc) is 3.16. The van der Waals surface area contributed by atoms with Gasteiger partial charge in [-0.05, 0) is 56.2 Å². The second-order valence-corrected chi connectivity index (χ2v) is 7.34. The number of hydrogen-bond donors (Lipinski definition) is 0. The highest BCUT2D eigenvalue weighted by Crippen LogP contribution is 2.33. The Bertz CT molecular complexity index is 1050. The number of halogens is 3. The molecule has 0 radical (unpaired) electrons. The van der Waals surface area contributed by atoms with Crippen LogP contribution in [0.1, 0.15) is 41.7 Å². The topological polar surface area (TPSA) is 47.4 Å². The van der Waals surface area contributed by atoms with Crippen molar-refractivity contribution in [1.29, 1.82) is 0 Å². The molecule has 1 saturated heterocycles. The maximum absolute atomic E-state index is 12.9. The van der Waals surface area contributed by atoms with Gasteiger partial charge in [-0.3, -0.25) is 4.79 Å². The van der Waals surface area contributed by atoms with Gasteiger partial charge in [-0.25, -0.2) is 4.98 Å². The van der Waals surface area contributed by atoms with E-state index < -0.39 is 11.7 Å². The maximum atomic E-state index is 12.9. The number of ether oxygens (including phenoxy) is 1. The second kappa shape index (κ2) is 8.01. The third kappa shape index (κ3) is 3.99. The van der Waals surface area contributed by atoms with Gasteiger partial charge >= 0.3 is 6.18 Å². The van der Waals surface area contributed by atoms with E-state index in [0.29, 0.717) is 54.9 Å². The molecule has 0 spiro atoms. The van der Waals surface area contributed by atoms with Crippen LogP contribution < -0.4 is 4.74 Å². The highest BCUT2D eigenvalue weighted by molar-refractivity contribution is 5.94. The van der Waals surface area contributed by atoms with Crippen LogP contribution in [0.15, 0.2) is 48.8 Å². The Morgan fingerprint density at radius 1 is 1.17 bits per heavy atom. The van der Waals surface area contributed by atoms with E-state index in [0.717, 1.165) is 12.1 Å². The summed E-state index contributed by atoms with van der Waals surface area (Å²) in [5.41, 5.74) is 0.898. The van der Waals surface area contributed by atoms with Crippen molar-refractivity contribution in [2.45, 2.75) is 32.0 Å². The Balaban J connectivity index is 1.46. The molecular weight excluding hydrogens is 395 g/mol. The SMILES string of the molecule is CCOc1cccc(C(=O)N2CCC(n3cnc4cc(C(F)(F)F)ccc43)CC2)c1. The van der Waals surface area contributed by atoms with Gasteiger partial charge in [0.25, 0.3) is 5.91 Å². The number of amides is 1. The molecule has 0 saturated carbocycles. The Hall–Kier alpha value is -3.03. The molecule has 30 heavy (non-hydrogen) atoms. The summed E-state index contributed by atoms with van der Waals surface area (Å²) in [6.45, 7) is 3.57. The normalized spacial score (nSPS) is 15.5. The molecule has 2 heterocycles. The van der Waals surface area contributed by atoms with Crippen LogP contribution >= 0.6 is 0 Å². The number of carbonyl (C=O) groups excluding carboxylic acids is 1. The molecule has 1 aliphatic rings. The van der Waals surface area contributed by atoms with Gasteiger partial charge in [0, 0.05) is 24.7 Å². The Morgan fingerprint density at radius 3 is 2.63 bits per heavy atom. The van der Waals surface area contributed by atoms with E-state index in [9.17, 15) is 18.0 Å². The van der Waals surface area contributed by atoms with Crippen molar-refractivity contribution in [2.24, 2.45) is 0 Å². The maximum Gasteiger partial charge on any atom is 0.416 e. The van der Waals surface area contributed by atoms with E-state index in [4.69, 9.17) is 4.74 Å². The molecule has 1 aromatic heterocycles. The summed E-state index contributed by atoms with van der Waals surface area (Å²) < 4.78 is 46.2. The van der Waals surface area contributed by atoms with Gasteiger partial charge in [-0.1, -0.05) is 6.07 Å². The first-order chi connectivity index (χ1) is 14.4. The van der Waals surface area contributed by atoms with Crippen LogP contribution in [0, 0.1) is 0 Å². The van der Waals surface area contributed by atoms with E-state index in [1.54, 1.807) is 24.5 Å². The number of aromatic nitrogens is 2. The number of benzene rings is 2. The van der Waals surface area contributed by atoms with Crippen molar-refractivity contribution in [1.82, 2.24) is 14.5 Å². The highest BCUT2D eigenvalue weighted by atomic mass is 19.4. The minimum absolute atomic E-state index is 0.0414. The molecule has 1 aliphatic heterocycles. The molecule has 2 aromatic carbocycles. The monoisotopic (exact) mass is 417 g/mol. The van der Waals surface area contributed by atoms with Gasteiger partial charge in [-0.2, -0.15) is 13.2 Å². The Morgan fingerprint density at radius 2 is 1.93 bits per heavy atom. The number of likely N-dealkylation sites (tertiary alicyclic amines) is 1. The van der Waals surface area contributed by atoms with Crippen LogP contribution in [0.3, 0.4) is 0 Å². The number of piperidine rings is 1. The molecule has 0 N–H and O–H groups in total. The first-order valence-electron chi connectivity index (χ1n) is 9.92. The molecular formula is C22H22F3N3O2. The van der Waals surface area contributed by atoms with Crippen molar-refractivity contribution >= 4 is 16.9 Å². The fourth-order valence-corrected chi connectivity index (χ4v) is 3.91. The van der Waals surface area contributed by atoms with Gasteiger partial charge in [-0.15, -0.1) is 0 Å². The van der Waals surface area contributed by atoms with Crippen LogP contribution in [0.4, 0.5) is 13.2 Å². The lowest BCUT2D eigenvalue weighted by molar-refractivity contribution is -0.137. The predicted molar refractivity (Wildman–Crippen MR) is 107 cm³/mol. The molecule has 0 aliphatic carbocycles. The molecule has 0 atom stereocenters. The number of fused-ring (bicyclic) bond motifs is 1. The summed E-state index contributed by atoms with van der Waals surface area (Å²) in [5, 5.41) is 0. The Kier molecular flexibility index (Phi) is 5.40. The standard InChI is InChI=1S/C22H22F3N3O2/c1-2-30-18-5-3-4-15(12-18)21(29)27-10-8-17(9-11-27)28-14-26-19-13-16(22(23,24)25)6-7-20(19)28/h3-7,12-14,17H,2,8-11H2,1H3. The van der Waals surface area contributed by atoms with E-state index in [1.165, 1.54) is 6.07 Å². The zero-order chi connectivity index (χ0) is 21.3. The van der Waals surface area contributed by atoms with Crippen molar-refractivity contribution < 1.29 is 22.7 Å². The lowest BCUT2D eigenvalue weighted by atomic mass is 10.0. The fraction of sp³-hybridized carbons (Fsp3) is 0.364. The lowest BCUT2D eigenvalue weighted by Crippen LogP contribution is -2.39. The summed E-state index contributed by atoms with van der Waals surface area (Å²) in [6, 6.07) is 10.9. The third-order valence-corrected chi connectivity index (χ3v) is 5.44. The number of alkyl halides is 3. The summed E-state index contributed by atoms with van der Waals surface area (Å²) in [6.07, 6.45) is -1.37. The zero-order valence-electron chi connectivity index (χ0n) is 16.5. The summed E-state index contributed by atoms with van der Waals surface area (Å²) in [5.74, 6) is 0.627. The quantitative estimate of drug-likeness (QED) is 0.605. The van der Waals surface area contributed by atoms with Gasteiger partial charge < -0.3 is 14.2 Å². The number of hydrogen-bond acceptors (Lipinski definition) is 3. The molecule has 8 heteroatoms. The molecule has 1 amide bonds. The van der Waals surface area contributed by atoms with Crippen LogP contribution in [0.25, 0.3) is 11.0 Å². The second-order valence-electron chi connectivity index (χ2n) is 7.34. The number of imidazole rings is 1. The van der Waals surface area contributed by atoms with Crippen molar-refractivity contribution in [2.75, 3.05) is 19.7 Å². The number of rotatable bonds is 4. The fourth-order valence-electron chi connectivity index (χ4n) is 3.91. The van der Waals surface area contributed by atoms with E-state index in [-0.39, 0.29) is 11.9 Å². The average molecular weight is 417 g/mol. The third-order valence-electron chi connectivity index (χ3n) is 5.44. The van der Waals surface area contributed by atoms with E-state index >= 15 is 0 Å². The molecule has 4 rings (SSSR count). The van der Waals surface area contributed by atoms with Crippen LogP contribution in [-0.4, -0.2) is 40.1 Å². The molecule has 0 unspecified atom stereocenters. The van der Waals surface area contributed by atoms with Crippen LogP contribution in [-0.2, 0) is 6.18 Å². The molecule has 5 nitrogen and oxygen atoms in total. The summed E-state index contributed by atoms with van der Waals surface area (Å²) in [4.78, 5) is 18.8. The minimum Gasteiger partial charge on any atom is -0.494 e. The molecule has 1 fully saturated rings. The Labute approximate surface area is 172 Å². The van der Waals surface area contributed by atoms with Crippen molar-refractivity contribution in [3.63, 3.8) is 0 Å². The number of carbonyl (C=O) groups is 1. The van der Waals surface area contributed by atoms with Gasteiger partial charge in [0.2, 0.25) is 0 Å². The van der Waals surface area contributed by atoms with E-state index in [2.05, 4.69) is 4.98 Å². The summed E-state index contributed by atoms with van der Waals surface area (Å²) >= 11 is 0. The van der Waals surface area contributed by atoms with Crippen molar-refractivity contribution in [3.05, 3.63) is 59.9 Å². The zero-order valence-corrected chi connectivity index (χ0v) is 16.5. The minimum atomic E-state index is -4.39. The lowest BCUT2D eigenvalue weighted by Gasteiger charge is -2.33. The molecule has 158 valence electrons.